The summed E-state index contributed by atoms with van der Waals surface area (Å²) in [6.45, 7) is 5.39. The molecular weight excluding hydrogens is 449 g/mol. The molecule has 4 aromatic rings. The lowest BCUT2D eigenvalue weighted by atomic mass is 10.00. The molecule has 1 saturated carbocycles. The Morgan fingerprint density at radius 3 is 2.63 bits per heavy atom. The molecule has 35 heavy (non-hydrogen) atoms. The van der Waals surface area contributed by atoms with Gasteiger partial charge >= 0.3 is 0 Å². The van der Waals surface area contributed by atoms with Crippen LogP contribution >= 0.6 is 0 Å². The molecule has 0 aliphatic heterocycles. The summed E-state index contributed by atoms with van der Waals surface area (Å²) < 4.78 is 27.0. The third-order valence-electron chi connectivity index (χ3n) is 6.48. The normalized spacial score (nSPS) is 14.1. The third-order valence-corrected chi connectivity index (χ3v) is 6.48. The summed E-state index contributed by atoms with van der Waals surface area (Å²) in [7, 11) is 5.08. The van der Waals surface area contributed by atoms with Gasteiger partial charge in [0.25, 0.3) is 0 Å². The molecule has 182 valence electrons. The van der Waals surface area contributed by atoms with Crippen LogP contribution in [0.3, 0.4) is 0 Å². The first-order chi connectivity index (χ1) is 16.7. The Morgan fingerprint density at radius 2 is 2.03 bits per heavy atom. The summed E-state index contributed by atoms with van der Waals surface area (Å²) in [5.74, 6) is 2.21. The van der Waals surface area contributed by atoms with Crippen molar-refractivity contribution in [3.05, 3.63) is 41.1 Å². The highest BCUT2D eigenvalue weighted by Gasteiger charge is 2.28. The number of rotatable bonds is 7. The minimum Gasteiger partial charge on any atom is -0.493 e. The smallest absolute Gasteiger partial charge is 0.175 e. The monoisotopic (exact) mass is 477 g/mol. The van der Waals surface area contributed by atoms with Crippen LogP contribution < -0.4 is 15.0 Å². The number of hydrogen-bond acceptors (Lipinski definition) is 8. The molecule has 1 aromatic carbocycles. The van der Waals surface area contributed by atoms with Crippen molar-refractivity contribution in [2.75, 3.05) is 26.1 Å². The highest BCUT2D eigenvalue weighted by molar-refractivity contribution is 6.13. The molecule has 3 N–H and O–H groups in total. The molecule has 3 heterocycles. The van der Waals surface area contributed by atoms with Gasteiger partial charge in [-0.2, -0.15) is 0 Å². The summed E-state index contributed by atoms with van der Waals surface area (Å²) in [5.41, 5.74) is 3.53. The second kappa shape index (κ2) is 8.37. The Hall–Kier alpha value is -3.95. The standard InChI is InChI=1S/C25H28FN7O2/c1-11-19(12(2)35-32-11)15-9-17-20(22(26)23(15)34-6)21-24(31-17)29-13(3)30-25(21)33(5)18(28-4)10-16(27)14-7-8-14/h9-10,14,27-28H,7-8H2,1-6H3,(H,29,30,31)/b18-10+,27-16?. The van der Waals surface area contributed by atoms with Crippen LogP contribution in [0.1, 0.15) is 30.1 Å². The number of aromatic nitrogens is 4. The van der Waals surface area contributed by atoms with Gasteiger partial charge in [0.05, 0.1) is 34.7 Å². The van der Waals surface area contributed by atoms with E-state index in [1.54, 1.807) is 20.9 Å². The van der Waals surface area contributed by atoms with E-state index in [1.807, 2.05) is 31.0 Å². The molecule has 0 radical (unpaired) electrons. The van der Waals surface area contributed by atoms with E-state index in [0.29, 0.717) is 73.6 Å². The zero-order valence-corrected chi connectivity index (χ0v) is 20.6. The van der Waals surface area contributed by atoms with Gasteiger partial charge in [0.15, 0.2) is 11.6 Å². The molecule has 0 amide bonds. The average molecular weight is 478 g/mol. The van der Waals surface area contributed by atoms with Crippen molar-refractivity contribution in [1.82, 2.24) is 25.4 Å². The number of fused-ring (bicyclic) bond motifs is 3. The predicted molar refractivity (Wildman–Crippen MR) is 134 cm³/mol. The fourth-order valence-corrected chi connectivity index (χ4v) is 4.59. The Balaban J connectivity index is 1.77. The number of benzene rings is 1. The number of anilines is 1. The van der Waals surface area contributed by atoms with E-state index < -0.39 is 5.82 Å². The lowest BCUT2D eigenvalue weighted by molar-refractivity contribution is 0.389. The Labute approximate surface area is 201 Å². The maximum atomic E-state index is 16.2. The van der Waals surface area contributed by atoms with Gasteiger partial charge in [-0.15, -0.1) is 0 Å². The minimum atomic E-state index is -0.519. The minimum absolute atomic E-state index is 0.0990. The number of ether oxygens (including phenoxy) is 1. The number of H-pyrrole nitrogens is 1. The number of nitrogens with zero attached hydrogens (tertiary/aromatic N) is 4. The van der Waals surface area contributed by atoms with E-state index in [0.717, 1.165) is 12.8 Å². The van der Waals surface area contributed by atoms with Crippen LogP contribution in [0.15, 0.2) is 22.5 Å². The maximum absolute atomic E-state index is 16.2. The van der Waals surface area contributed by atoms with E-state index in [9.17, 15) is 0 Å². The second-order valence-corrected chi connectivity index (χ2v) is 8.90. The van der Waals surface area contributed by atoms with Crippen molar-refractivity contribution >= 4 is 33.5 Å². The molecule has 1 aliphatic carbocycles. The van der Waals surface area contributed by atoms with Gasteiger partial charge < -0.3 is 29.9 Å². The Morgan fingerprint density at radius 1 is 1.29 bits per heavy atom. The third kappa shape index (κ3) is 3.69. The molecule has 3 aromatic heterocycles. The van der Waals surface area contributed by atoms with E-state index in [2.05, 4.69) is 25.4 Å². The Kier molecular flexibility index (Phi) is 5.46. The van der Waals surface area contributed by atoms with Gasteiger partial charge in [0, 0.05) is 31.3 Å². The lowest BCUT2D eigenvalue weighted by Gasteiger charge is -2.23. The largest absolute Gasteiger partial charge is 0.493 e. The van der Waals surface area contributed by atoms with Crippen LogP contribution in [0.4, 0.5) is 10.2 Å². The summed E-state index contributed by atoms with van der Waals surface area (Å²) in [6.07, 6.45) is 3.88. The van der Waals surface area contributed by atoms with Gasteiger partial charge in [-0.25, -0.2) is 14.4 Å². The summed E-state index contributed by atoms with van der Waals surface area (Å²) in [6, 6.07) is 1.84. The number of nitrogens with one attached hydrogen (secondary N) is 3. The van der Waals surface area contributed by atoms with Crippen LogP contribution in [0.5, 0.6) is 5.75 Å². The highest BCUT2D eigenvalue weighted by Crippen LogP contribution is 2.43. The summed E-state index contributed by atoms with van der Waals surface area (Å²) in [4.78, 5) is 14.3. The van der Waals surface area contributed by atoms with Gasteiger partial charge in [-0.3, -0.25) is 0 Å². The van der Waals surface area contributed by atoms with Gasteiger partial charge in [-0.05, 0) is 45.8 Å². The molecule has 0 unspecified atom stereocenters. The highest BCUT2D eigenvalue weighted by atomic mass is 19.1. The molecule has 0 atom stereocenters. The van der Waals surface area contributed by atoms with Crippen molar-refractivity contribution < 1.29 is 13.7 Å². The van der Waals surface area contributed by atoms with Crippen LogP contribution in [-0.4, -0.2) is 47.0 Å². The predicted octanol–water partition coefficient (Wildman–Crippen LogP) is 4.77. The molecule has 1 fully saturated rings. The van der Waals surface area contributed by atoms with Crippen molar-refractivity contribution in [1.29, 1.82) is 5.41 Å². The van der Waals surface area contributed by atoms with Crippen LogP contribution in [0, 0.1) is 37.9 Å². The molecule has 0 bridgehead atoms. The molecule has 0 spiro atoms. The first-order valence-electron chi connectivity index (χ1n) is 11.5. The van der Waals surface area contributed by atoms with Crippen molar-refractivity contribution in [3.8, 4) is 16.9 Å². The van der Waals surface area contributed by atoms with Crippen LogP contribution in [0.2, 0.25) is 0 Å². The lowest BCUT2D eigenvalue weighted by Crippen LogP contribution is -2.28. The van der Waals surface area contributed by atoms with Gasteiger partial charge in [-0.1, -0.05) is 5.16 Å². The fourth-order valence-electron chi connectivity index (χ4n) is 4.59. The maximum Gasteiger partial charge on any atom is 0.175 e. The number of hydrogen-bond donors (Lipinski definition) is 3. The second-order valence-electron chi connectivity index (χ2n) is 8.90. The first-order valence-corrected chi connectivity index (χ1v) is 11.5. The SMILES string of the molecule is CN/C(=C\C(=N)C1CC1)N(C)c1nc(C)nc2[nH]c3cc(-c4c(C)noc4C)c(OC)c(F)c3c12. The number of aromatic amines is 1. The summed E-state index contributed by atoms with van der Waals surface area (Å²) >= 11 is 0. The zero-order valence-electron chi connectivity index (χ0n) is 20.6. The topological polar surface area (TPSA) is 116 Å². The fraction of sp³-hybridized carbons (Fsp3) is 0.360. The molecule has 0 saturated heterocycles. The van der Waals surface area contributed by atoms with Crippen molar-refractivity contribution in [2.45, 2.75) is 33.6 Å². The summed E-state index contributed by atoms with van der Waals surface area (Å²) in [5, 5.41) is 16.4. The molecule has 1 aliphatic rings. The first kappa shape index (κ1) is 22.8. The van der Waals surface area contributed by atoms with Crippen LogP contribution in [0.25, 0.3) is 33.1 Å². The molecule has 5 rings (SSSR count). The van der Waals surface area contributed by atoms with Crippen molar-refractivity contribution in [3.63, 3.8) is 0 Å². The quantitative estimate of drug-likeness (QED) is 0.329. The zero-order chi connectivity index (χ0) is 25.0. The number of methoxy groups -OCH3 is 1. The number of allylic oxidation sites excluding steroid dienone is 1. The van der Waals surface area contributed by atoms with E-state index in [4.69, 9.17) is 14.7 Å². The van der Waals surface area contributed by atoms with Gasteiger partial charge in [0.2, 0.25) is 0 Å². The molecular formula is C25H28FN7O2. The van der Waals surface area contributed by atoms with E-state index in [-0.39, 0.29) is 5.75 Å². The van der Waals surface area contributed by atoms with Gasteiger partial charge in [0.1, 0.15) is 28.9 Å². The molecule has 9 nitrogen and oxygen atoms in total. The van der Waals surface area contributed by atoms with E-state index in [1.165, 1.54) is 7.11 Å². The number of aryl methyl sites for hydroxylation is 3. The van der Waals surface area contributed by atoms with E-state index >= 15 is 4.39 Å². The van der Waals surface area contributed by atoms with Crippen LogP contribution in [-0.2, 0) is 0 Å². The molecule has 10 heteroatoms. The number of halogens is 1. The average Bonchev–Trinajstić information content (AvgIpc) is 3.54. The van der Waals surface area contributed by atoms with Crippen molar-refractivity contribution in [2.24, 2.45) is 5.92 Å². The Bertz CT molecular complexity index is 1490.